The molecule has 17 heavy (non-hydrogen) atoms. The molecule has 4 heteroatoms. The van der Waals surface area contributed by atoms with Gasteiger partial charge in [-0.25, -0.2) is 8.78 Å². The number of carbonyl (C=O) groups excluding carboxylic acids is 1. The molecule has 0 heterocycles. The van der Waals surface area contributed by atoms with Gasteiger partial charge in [-0.2, -0.15) is 0 Å². The monoisotopic (exact) mass is 241 g/mol. The van der Waals surface area contributed by atoms with Crippen LogP contribution in [0.2, 0.25) is 0 Å². The van der Waals surface area contributed by atoms with Gasteiger partial charge in [0.15, 0.2) is 17.4 Å². The van der Waals surface area contributed by atoms with Crippen molar-refractivity contribution in [2.45, 2.75) is 26.8 Å². The van der Waals surface area contributed by atoms with E-state index in [1.807, 2.05) is 25.7 Å². The van der Waals surface area contributed by atoms with Gasteiger partial charge in [-0.3, -0.25) is 9.69 Å². The standard InChI is InChI=1S/C13H17F2NO/c1-4-16(9(2)3)8-13(17)10-5-6-11(14)12(15)7-10/h5-7,9H,4,8H2,1-3H3. The summed E-state index contributed by atoms with van der Waals surface area (Å²) in [5.74, 6) is -2.11. The molecular formula is C13H17F2NO. The van der Waals surface area contributed by atoms with Gasteiger partial charge in [0.05, 0.1) is 6.54 Å². The first-order chi connectivity index (χ1) is 7.95. The largest absolute Gasteiger partial charge is 0.294 e. The highest BCUT2D eigenvalue weighted by atomic mass is 19.2. The van der Waals surface area contributed by atoms with Gasteiger partial charge in [0, 0.05) is 11.6 Å². The van der Waals surface area contributed by atoms with Crippen LogP contribution in [0.15, 0.2) is 18.2 Å². The van der Waals surface area contributed by atoms with Crippen molar-refractivity contribution >= 4 is 5.78 Å². The first kappa shape index (κ1) is 13.8. The van der Waals surface area contributed by atoms with Crippen molar-refractivity contribution in [2.24, 2.45) is 0 Å². The van der Waals surface area contributed by atoms with Crippen LogP contribution in [0.4, 0.5) is 8.78 Å². The fourth-order valence-corrected chi connectivity index (χ4v) is 1.60. The van der Waals surface area contributed by atoms with Crippen molar-refractivity contribution in [3.8, 4) is 0 Å². The number of likely N-dealkylation sites (N-methyl/N-ethyl adjacent to an activating group) is 1. The summed E-state index contributed by atoms with van der Waals surface area (Å²) in [5.41, 5.74) is 0.211. The molecule has 1 aromatic rings. The number of ketones is 1. The van der Waals surface area contributed by atoms with Crippen LogP contribution in [0.5, 0.6) is 0 Å². The molecule has 2 nitrogen and oxygen atoms in total. The Bertz CT molecular complexity index is 404. The van der Waals surface area contributed by atoms with Crippen LogP contribution in [0, 0.1) is 11.6 Å². The first-order valence-electron chi connectivity index (χ1n) is 5.68. The molecule has 1 rings (SSSR count). The molecule has 0 saturated carbocycles. The average Bonchev–Trinajstić information content (AvgIpc) is 2.28. The summed E-state index contributed by atoms with van der Waals surface area (Å²) < 4.78 is 25.7. The minimum atomic E-state index is -0.983. The van der Waals surface area contributed by atoms with Crippen LogP contribution in [-0.4, -0.2) is 29.8 Å². The van der Waals surface area contributed by atoms with Gasteiger partial charge in [0.1, 0.15) is 0 Å². The molecule has 0 fully saturated rings. The Morgan fingerprint density at radius 1 is 1.29 bits per heavy atom. The molecule has 0 aliphatic carbocycles. The van der Waals surface area contributed by atoms with Gasteiger partial charge in [0.2, 0.25) is 0 Å². The van der Waals surface area contributed by atoms with Crippen LogP contribution in [-0.2, 0) is 0 Å². The smallest absolute Gasteiger partial charge is 0.176 e. The van der Waals surface area contributed by atoms with Gasteiger partial charge < -0.3 is 0 Å². The molecule has 1 aromatic carbocycles. The number of carbonyl (C=O) groups is 1. The van der Waals surface area contributed by atoms with Crippen LogP contribution < -0.4 is 0 Å². The lowest BCUT2D eigenvalue weighted by atomic mass is 10.1. The van der Waals surface area contributed by atoms with Crippen molar-refractivity contribution in [3.63, 3.8) is 0 Å². The Labute approximate surface area is 100 Å². The lowest BCUT2D eigenvalue weighted by molar-refractivity contribution is 0.0911. The van der Waals surface area contributed by atoms with E-state index in [4.69, 9.17) is 0 Å². The van der Waals surface area contributed by atoms with Crippen molar-refractivity contribution in [3.05, 3.63) is 35.4 Å². The van der Waals surface area contributed by atoms with Crippen LogP contribution in [0.25, 0.3) is 0 Å². The molecule has 0 amide bonds. The second kappa shape index (κ2) is 5.87. The number of hydrogen-bond acceptors (Lipinski definition) is 2. The van der Waals surface area contributed by atoms with Crippen molar-refractivity contribution < 1.29 is 13.6 Å². The predicted octanol–water partition coefficient (Wildman–Crippen LogP) is 2.88. The Morgan fingerprint density at radius 2 is 1.94 bits per heavy atom. The fourth-order valence-electron chi connectivity index (χ4n) is 1.60. The zero-order valence-electron chi connectivity index (χ0n) is 10.3. The predicted molar refractivity (Wildman–Crippen MR) is 63.1 cm³/mol. The maximum absolute atomic E-state index is 13.0. The zero-order chi connectivity index (χ0) is 13.0. The Kier molecular flexibility index (Phi) is 4.75. The van der Waals surface area contributed by atoms with Crippen LogP contribution in [0.3, 0.4) is 0 Å². The third kappa shape index (κ3) is 3.60. The molecular weight excluding hydrogens is 224 g/mol. The van der Waals surface area contributed by atoms with E-state index in [1.54, 1.807) is 0 Å². The molecule has 0 spiro atoms. The topological polar surface area (TPSA) is 20.3 Å². The SMILES string of the molecule is CCN(CC(=O)c1ccc(F)c(F)c1)C(C)C. The third-order valence-electron chi connectivity index (χ3n) is 2.72. The second-order valence-corrected chi connectivity index (χ2v) is 4.21. The highest BCUT2D eigenvalue weighted by Gasteiger charge is 2.15. The van der Waals surface area contributed by atoms with E-state index in [2.05, 4.69) is 0 Å². The van der Waals surface area contributed by atoms with Gasteiger partial charge in [0.25, 0.3) is 0 Å². The van der Waals surface area contributed by atoms with E-state index in [9.17, 15) is 13.6 Å². The summed E-state index contributed by atoms with van der Waals surface area (Å²) in [5, 5.41) is 0. The summed E-state index contributed by atoms with van der Waals surface area (Å²) in [6.45, 7) is 6.90. The molecule has 0 unspecified atom stereocenters. The Balaban J connectivity index is 2.79. The van der Waals surface area contributed by atoms with E-state index in [-0.39, 0.29) is 23.9 Å². The number of benzene rings is 1. The zero-order valence-corrected chi connectivity index (χ0v) is 10.3. The van der Waals surface area contributed by atoms with Gasteiger partial charge in [-0.05, 0) is 38.6 Å². The average molecular weight is 241 g/mol. The second-order valence-electron chi connectivity index (χ2n) is 4.21. The fraction of sp³-hybridized carbons (Fsp3) is 0.462. The summed E-state index contributed by atoms with van der Waals surface area (Å²) >= 11 is 0. The number of nitrogens with zero attached hydrogens (tertiary/aromatic N) is 1. The number of halogens is 2. The van der Waals surface area contributed by atoms with E-state index in [0.717, 1.165) is 18.7 Å². The summed E-state index contributed by atoms with van der Waals surface area (Å²) in [6.07, 6.45) is 0. The van der Waals surface area contributed by atoms with Crippen LogP contribution >= 0.6 is 0 Å². The Morgan fingerprint density at radius 3 is 2.41 bits per heavy atom. The summed E-state index contributed by atoms with van der Waals surface area (Å²) in [6, 6.07) is 3.49. The quantitative estimate of drug-likeness (QED) is 0.739. The summed E-state index contributed by atoms with van der Waals surface area (Å²) in [4.78, 5) is 13.8. The summed E-state index contributed by atoms with van der Waals surface area (Å²) in [7, 11) is 0. The van der Waals surface area contributed by atoms with E-state index < -0.39 is 11.6 Å². The molecule has 0 bridgehead atoms. The molecule has 0 aliphatic rings. The number of rotatable bonds is 5. The van der Waals surface area contributed by atoms with Crippen molar-refractivity contribution in [1.82, 2.24) is 4.90 Å². The minimum absolute atomic E-state index is 0.195. The highest BCUT2D eigenvalue weighted by molar-refractivity contribution is 5.97. The number of Topliss-reactive ketones (excluding diaryl/α,β-unsaturated/α-hetero) is 1. The van der Waals surface area contributed by atoms with Gasteiger partial charge in [-0.1, -0.05) is 6.92 Å². The van der Waals surface area contributed by atoms with E-state index >= 15 is 0 Å². The minimum Gasteiger partial charge on any atom is -0.294 e. The van der Waals surface area contributed by atoms with Crippen molar-refractivity contribution in [1.29, 1.82) is 0 Å². The lowest BCUT2D eigenvalue weighted by Gasteiger charge is -2.23. The van der Waals surface area contributed by atoms with Crippen LogP contribution in [0.1, 0.15) is 31.1 Å². The lowest BCUT2D eigenvalue weighted by Crippen LogP contribution is -2.35. The van der Waals surface area contributed by atoms with Gasteiger partial charge >= 0.3 is 0 Å². The first-order valence-corrected chi connectivity index (χ1v) is 5.68. The molecule has 0 aromatic heterocycles. The van der Waals surface area contributed by atoms with Gasteiger partial charge in [-0.15, -0.1) is 0 Å². The Hall–Kier alpha value is -1.29. The molecule has 0 N–H and O–H groups in total. The molecule has 94 valence electrons. The maximum atomic E-state index is 13.0. The normalized spacial score (nSPS) is 11.2. The van der Waals surface area contributed by atoms with E-state index in [0.29, 0.717) is 0 Å². The molecule has 0 atom stereocenters. The maximum Gasteiger partial charge on any atom is 0.176 e. The highest BCUT2D eigenvalue weighted by Crippen LogP contribution is 2.10. The molecule has 0 saturated heterocycles. The van der Waals surface area contributed by atoms with E-state index in [1.165, 1.54) is 6.07 Å². The molecule has 0 radical (unpaired) electrons. The van der Waals surface area contributed by atoms with Crippen molar-refractivity contribution in [2.75, 3.05) is 13.1 Å². The third-order valence-corrected chi connectivity index (χ3v) is 2.72. The number of hydrogen-bond donors (Lipinski definition) is 0. The molecule has 0 aliphatic heterocycles.